The van der Waals surface area contributed by atoms with E-state index in [0.717, 1.165) is 50.0 Å². The van der Waals surface area contributed by atoms with Gasteiger partial charge in [-0.1, -0.05) is 102 Å². The van der Waals surface area contributed by atoms with Gasteiger partial charge in [0.2, 0.25) is 11.9 Å². The largest absolute Gasteiger partial charge is 0.304 e. The predicted octanol–water partition coefficient (Wildman–Crippen LogP) is 9.98. The molecule has 0 amide bonds. The first-order valence-corrected chi connectivity index (χ1v) is 15.1. The Morgan fingerprint density at radius 1 is 0.468 bits per heavy atom. The first-order valence-electron chi connectivity index (χ1n) is 15.1. The van der Waals surface area contributed by atoms with E-state index in [4.69, 9.17) is 19.9 Å². The van der Waals surface area contributed by atoms with Crippen LogP contribution in [0.25, 0.3) is 33.1 Å². The summed E-state index contributed by atoms with van der Waals surface area (Å²) in [5.74, 6) is 1.53. The third-order valence-electron chi connectivity index (χ3n) is 7.85. The minimum atomic E-state index is 0. The van der Waals surface area contributed by atoms with E-state index >= 15 is 0 Å². The first-order chi connectivity index (χ1) is 22.8. The molecule has 8 aromatic rings. The fourth-order valence-electron chi connectivity index (χ4n) is 5.75. The molecule has 6 aromatic carbocycles. The molecular formula is C40H27IrN6-. The molecule has 0 bridgehead atoms. The van der Waals surface area contributed by atoms with Crippen LogP contribution in [-0.4, -0.2) is 19.9 Å². The number of anilines is 6. The molecule has 0 spiro atoms. The van der Waals surface area contributed by atoms with Gasteiger partial charge in [-0.3, -0.25) is 9.80 Å². The second-order valence-electron chi connectivity index (χ2n) is 10.7. The SMILES string of the molecule is [Ir].[c-]1ccc(-c2nc(N(c3ccccc3)c3ccccc3)nc(N(c3ccccc3)c3ccccc3)n2)c2ccc3cccnc3c12. The number of hydrogen-bond donors (Lipinski definition) is 0. The third kappa shape index (κ3) is 5.86. The third-order valence-corrected chi connectivity index (χ3v) is 7.85. The standard InChI is InChI=1S/C40H27N6.Ir/c1-5-16-30(17-6-1)45(31-18-7-2-8-19-31)39-42-38(36-25-13-24-35-34(36)27-26-29-15-14-28-41-37(29)35)43-40(44-39)46(32-20-9-3-10-21-32)33-22-11-4-12-23-33;/h1-23,25-28H;/q-1;. The van der Waals surface area contributed by atoms with Gasteiger partial charge in [0.1, 0.15) is 5.82 Å². The van der Waals surface area contributed by atoms with Gasteiger partial charge in [0.25, 0.3) is 0 Å². The van der Waals surface area contributed by atoms with Gasteiger partial charge in [-0.25, -0.2) is 0 Å². The predicted molar refractivity (Wildman–Crippen MR) is 186 cm³/mol. The molecule has 0 N–H and O–H groups in total. The topological polar surface area (TPSA) is 58.0 Å². The number of para-hydroxylation sites is 4. The molecule has 1 radical (unpaired) electrons. The van der Waals surface area contributed by atoms with Gasteiger partial charge in [-0.2, -0.15) is 15.0 Å². The Morgan fingerprint density at radius 2 is 0.957 bits per heavy atom. The quantitative estimate of drug-likeness (QED) is 0.119. The van der Waals surface area contributed by atoms with E-state index in [1.54, 1.807) is 0 Å². The van der Waals surface area contributed by atoms with Crippen molar-refractivity contribution in [2.24, 2.45) is 0 Å². The van der Waals surface area contributed by atoms with Gasteiger partial charge in [0.05, 0.1) is 0 Å². The van der Waals surface area contributed by atoms with Gasteiger partial charge in [-0.15, -0.1) is 23.6 Å². The fourth-order valence-corrected chi connectivity index (χ4v) is 5.75. The maximum atomic E-state index is 5.20. The average molecular weight is 784 g/mol. The van der Waals surface area contributed by atoms with E-state index in [1.807, 2.05) is 97.2 Å². The maximum Gasteiger partial charge on any atom is 0.239 e. The Balaban J connectivity index is 0.00000351. The number of benzene rings is 6. The number of rotatable bonds is 7. The van der Waals surface area contributed by atoms with Crippen LogP contribution < -0.4 is 9.80 Å². The summed E-state index contributed by atoms with van der Waals surface area (Å²) in [6.07, 6.45) is 1.82. The molecule has 0 unspecified atom stereocenters. The minimum absolute atomic E-state index is 0. The molecule has 0 saturated carbocycles. The van der Waals surface area contributed by atoms with Crippen LogP contribution in [0.2, 0.25) is 0 Å². The van der Waals surface area contributed by atoms with Crippen molar-refractivity contribution in [2.75, 3.05) is 9.80 Å². The molecule has 0 saturated heterocycles. The minimum Gasteiger partial charge on any atom is -0.304 e. The fraction of sp³-hybridized carbons (Fsp3) is 0. The van der Waals surface area contributed by atoms with Gasteiger partial charge in [-0.05, 0) is 65.5 Å². The monoisotopic (exact) mass is 784 g/mol. The van der Waals surface area contributed by atoms with Crippen LogP contribution in [0.15, 0.2) is 164 Å². The summed E-state index contributed by atoms with van der Waals surface area (Å²) in [6, 6.07) is 56.3. The van der Waals surface area contributed by atoms with Gasteiger partial charge < -0.3 is 4.98 Å². The van der Waals surface area contributed by atoms with Gasteiger partial charge in [0.15, 0.2) is 0 Å². The van der Waals surface area contributed by atoms with E-state index in [2.05, 4.69) is 82.6 Å². The summed E-state index contributed by atoms with van der Waals surface area (Å²) in [6.45, 7) is 0. The number of hydrogen-bond acceptors (Lipinski definition) is 6. The summed E-state index contributed by atoms with van der Waals surface area (Å²) in [5, 5.41) is 2.94. The van der Waals surface area contributed by atoms with Crippen molar-refractivity contribution < 1.29 is 20.1 Å². The van der Waals surface area contributed by atoms with Crippen molar-refractivity contribution in [2.45, 2.75) is 0 Å². The molecule has 0 aliphatic rings. The van der Waals surface area contributed by atoms with Crippen molar-refractivity contribution >= 4 is 56.3 Å². The van der Waals surface area contributed by atoms with E-state index in [1.165, 1.54) is 0 Å². The number of fused-ring (bicyclic) bond motifs is 3. The van der Waals surface area contributed by atoms with Crippen molar-refractivity contribution in [1.29, 1.82) is 0 Å². The molecule has 6 nitrogen and oxygen atoms in total. The molecule has 0 atom stereocenters. The Hall–Kier alpha value is -5.75. The molecule has 7 heteroatoms. The van der Waals surface area contributed by atoms with Gasteiger partial charge in [0, 0.05) is 49.1 Å². The summed E-state index contributed by atoms with van der Waals surface area (Å²) in [4.78, 5) is 24.4. The summed E-state index contributed by atoms with van der Waals surface area (Å²) < 4.78 is 0. The van der Waals surface area contributed by atoms with E-state index in [9.17, 15) is 0 Å². The van der Waals surface area contributed by atoms with Crippen molar-refractivity contribution in [3.63, 3.8) is 0 Å². The summed E-state index contributed by atoms with van der Waals surface area (Å²) in [5.41, 5.74) is 5.50. The molecule has 47 heavy (non-hydrogen) atoms. The summed E-state index contributed by atoms with van der Waals surface area (Å²) >= 11 is 0. The van der Waals surface area contributed by atoms with Crippen LogP contribution in [0.3, 0.4) is 0 Å². The van der Waals surface area contributed by atoms with E-state index < -0.39 is 0 Å². The molecule has 2 aromatic heterocycles. The smallest absolute Gasteiger partial charge is 0.239 e. The molecule has 227 valence electrons. The number of pyridine rings is 1. The molecule has 0 aliphatic carbocycles. The maximum absolute atomic E-state index is 5.20. The van der Waals surface area contributed by atoms with Crippen molar-refractivity contribution in [1.82, 2.24) is 19.9 Å². The molecule has 0 fully saturated rings. The Kier molecular flexibility index (Phi) is 8.48. The second-order valence-corrected chi connectivity index (χ2v) is 10.7. The van der Waals surface area contributed by atoms with Crippen LogP contribution >= 0.6 is 0 Å². The van der Waals surface area contributed by atoms with Crippen LogP contribution in [0.5, 0.6) is 0 Å². The zero-order valence-corrected chi connectivity index (χ0v) is 27.5. The Morgan fingerprint density at radius 3 is 1.45 bits per heavy atom. The van der Waals surface area contributed by atoms with Crippen LogP contribution in [0.4, 0.5) is 34.6 Å². The second kappa shape index (κ2) is 13.3. The van der Waals surface area contributed by atoms with Crippen LogP contribution in [0, 0.1) is 6.07 Å². The molecular weight excluding hydrogens is 757 g/mol. The molecule has 2 heterocycles. The average Bonchev–Trinajstić information content (AvgIpc) is 3.13. The Bertz CT molecular complexity index is 2090. The Labute approximate surface area is 286 Å². The zero-order valence-electron chi connectivity index (χ0n) is 25.1. The molecule has 0 aliphatic heterocycles. The molecule has 8 rings (SSSR count). The van der Waals surface area contributed by atoms with Crippen molar-refractivity contribution in [3.05, 3.63) is 170 Å². The van der Waals surface area contributed by atoms with E-state index in [-0.39, 0.29) is 20.1 Å². The van der Waals surface area contributed by atoms with Crippen LogP contribution in [0.1, 0.15) is 0 Å². The first kappa shape index (κ1) is 29.9. The van der Waals surface area contributed by atoms with Crippen molar-refractivity contribution in [3.8, 4) is 11.4 Å². The number of nitrogens with zero attached hydrogens (tertiary/aromatic N) is 6. The van der Waals surface area contributed by atoms with E-state index in [0.29, 0.717) is 17.7 Å². The van der Waals surface area contributed by atoms with Gasteiger partial charge >= 0.3 is 0 Å². The van der Waals surface area contributed by atoms with Crippen LogP contribution in [-0.2, 0) is 20.1 Å². The number of aromatic nitrogens is 4. The normalized spacial score (nSPS) is 10.8. The summed E-state index contributed by atoms with van der Waals surface area (Å²) in [7, 11) is 0. The zero-order chi connectivity index (χ0) is 30.7.